The molecule has 88 valence electrons. The zero-order valence-corrected chi connectivity index (χ0v) is 9.15. The molecule has 1 N–H and O–H groups in total. The minimum absolute atomic E-state index is 0.0444. The van der Waals surface area contributed by atoms with E-state index < -0.39 is 24.0 Å². The first kappa shape index (κ1) is 12.9. The van der Waals surface area contributed by atoms with Crippen molar-refractivity contribution in [1.29, 1.82) is 0 Å². The smallest absolute Gasteiger partial charge is 0.307 e. The summed E-state index contributed by atoms with van der Waals surface area (Å²) in [6.45, 7) is -0.172. The van der Waals surface area contributed by atoms with E-state index in [4.69, 9.17) is 16.7 Å². The van der Waals surface area contributed by atoms with Gasteiger partial charge in [0, 0.05) is 23.3 Å². The van der Waals surface area contributed by atoms with Gasteiger partial charge in [0.2, 0.25) is 0 Å². The molecule has 0 aromatic heterocycles. The highest BCUT2D eigenvalue weighted by atomic mass is 35.5. The summed E-state index contributed by atoms with van der Waals surface area (Å²) < 4.78 is 31.5. The molecule has 6 heteroatoms. The summed E-state index contributed by atoms with van der Waals surface area (Å²) in [5.74, 6) is -3.61. The van der Waals surface area contributed by atoms with Crippen molar-refractivity contribution in [2.24, 2.45) is 0 Å². The maximum atomic E-state index is 13.4. The fraction of sp³-hybridized carbons (Fsp3) is 0.300. The van der Waals surface area contributed by atoms with E-state index >= 15 is 0 Å². The molecule has 0 heterocycles. The maximum Gasteiger partial charge on any atom is 0.307 e. The zero-order valence-electron chi connectivity index (χ0n) is 8.39. The average Bonchev–Trinajstić information content (AvgIpc) is 2.20. The van der Waals surface area contributed by atoms with E-state index in [1.54, 1.807) is 0 Å². The number of methoxy groups -OCH3 is 1. The third-order valence-corrected chi connectivity index (χ3v) is 2.30. The van der Waals surface area contributed by atoms with Crippen molar-refractivity contribution in [2.75, 3.05) is 7.11 Å². The van der Waals surface area contributed by atoms with Gasteiger partial charge in [-0.25, -0.2) is 8.78 Å². The molecule has 0 atom stereocenters. The number of carboxylic acids is 1. The number of rotatable bonds is 4. The summed E-state index contributed by atoms with van der Waals surface area (Å²) >= 11 is 5.69. The van der Waals surface area contributed by atoms with Crippen LogP contribution in [0, 0.1) is 11.6 Å². The summed E-state index contributed by atoms with van der Waals surface area (Å²) in [7, 11) is 1.32. The minimum atomic E-state index is -1.26. The molecular formula is C10H9ClF2O3. The fourth-order valence-electron chi connectivity index (χ4n) is 1.25. The molecule has 16 heavy (non-hydrogen) atoms. The second-order valence-electron chi connectivity index (χ2n) is 3.13. The molecule has 1 aromatic carbocycles. The van der Waals surface area contributed by atoms with Crippen molar-refractivity contribution in [2.45, 2.75) is 13.0 Å². The topological polar surface area (TPSA) is 46.5 Å². The zero-order chi connectivity index (χ0) is 12.3. The second kappa shape index (κ2) is 5.23. The van der Waals surface area contributed by atoms with Gasteiger partial charge >= 0.3 is 5.97 Å². The Balaban J connectivity index is 3.21. The highest BCUT2D eigenvalue weighted by molar-refractivity contribution is 6.31. The second-order valence-corrected chi connectivity index (χ2v) is 3.53. The predicted octanol–water partition coefficient (Wildman–Crippen LogP) is 2.39. The first-order valence-electron chi connectivity index (χ1n) is 4.33. The largest absolute Gasteiger partial charge is 0.481 e. The van der Waals surface area contributed by atoms with Crippen LogP contribution in [0.1, 0.15) is 11.1 Å². The van der Waals surface area contributed by atoms with Crippen LogP contribution < -0.4 is 0 Å². The Kier molecular flexibility index (Phi) is 4.20. The van der Waals surface area contributed by atoms with Crippen LogP contribution in [0.3, 0.4) is 0 Å². The molecule has 0 aliphatic heterocycles. The Morgan fingerprint density at radius 1 is 1.50 bits per heavy atom. The fourth-order valence-corrected chi connectivity index (χ4v) is 1.52. The van der Waals surface area contributed by atoms with Crippen molar-refractivity contribution in [3.8, 4) is 0 Å². The quantitative estimate of drug-likeness (QED) is 0.835. The molecule has 0 unspecified atom stereocenters. The molecule has 0 fully saturated rings. The lowest BCUT2D eigenvalue weighted by Gasteiger charge is -2.09. The monoisotopic (exact) mass is 250 g/mol. The van der Waals surface area contributed by atoms with Crippen LogP contribution in [-0.4, -0.2) is 18.2 Å². The normalized spacial score (nSPS) is 10.5. The first-order chi connectivity index (χ1) is 7.47. The van der Waals surface area contributed by atoms with Crippen LogP contribution in [-0.2, 0) is 22.6 Å². The van der Waals surface area contributed by atoms with E-state index in [-0.39, 0.29) is 22.8 Å². The van der Waals surface area contributed by atoms with E-state index in [9.17, 15) is 13.6 Å². The van der Waals surface area contributed by atoms with Gasteiger partial charge in [0.15, 0.2) is 11.6 Å². The molecule has 0 radical (unpaired) electrons. The van der Waals surface area contributed by atoms with Gasteiger partial charge in [-0.15, -0.1) is 0 Å². The number of hydrogen-bond acceptors (Lipinski definition) is 2. The molecule has 0 saturated carbocycles. The van der Waals surface area contributed by atoms with Crippen molar-refractivity contribution < 1.29 is 23.4 Å². The standard InChI is InChI=1S/C10H9ClF2O3/c1-16-4-6-7(11)2-5(3-8(14)15)9(12)10(6)13/h2H,3-4H2,1H3,(H,14,15). The molecule has 0 saturated heterocycles. The van der Waals surface area contributed by atoms with Crippen LogP contribution in [0.2, 0.25) is 5.02 Å². The molecule has 0 amide bonds. The van der Waals surface area contributed by atoms with Crippen LogP contribution in [0.15, 0.2) is 6.07 Å². The van der Waals surface area contributed by atoms with E-state index in [0.29, 0.717) is 0 Å². The van der Waals surface area contributed by atoms with Crippen LogP contribution in [0.4, 0.5) is 8.78 Å². The number of hydrogen-bond donors (Lipinski definition) is 1. The van der Waals surface area contributed by atoms with Crippen molar-refractivity contribution >= 4 is 17.6 Å². The maximum absolute atomic E-state index is 13.4. The Hall–Kier alpha value is -1.20. The average molecular weight is 251 g/mol. The van der Waals surface area contributed by atoms with Gasteiger partial charge < -0.3 is 9.84 Å². The first-order valence-corrected chi connectivity index (χ1v) is 4.71. The molecule has 0 aliphatic carbocycles. The highest BCUT2D eigenvalue weighted by Gasteiger charge is 2.18. The number of aliphatic carboxylic acids is 1. The van der Waals surface area contributed by atoms with Crippen LogP contribution >= 0.6 is 11.6 Å². The Labute approximate surface area is 95.6 Å². The summed E-state index contributed by atoms with van der Waals surface area (Å²) in [4.78, 5) is 10.4. The molecular weight excluding hydrogens is 242 g/mol. The lowest BCUT2D eigenvalue weighted by molar-refractivity contribution is -0.136. The summed E-state index contributed by atoms with van der Waals surface area (Å²) in [5.41, 5.74) is -0.398. The molecule has 0 aliphatic rings. The van der Waals surface area contributed by atoms with E-state index in [1.807, 2.05) is 0 Å². The van der Waals surface area contributed by atoms with Crippen molar-refractivity contribution in [1.82, 2.24) is 0 Å². The molecule has 1 aromatic rings. The summed E-state index contributed by atoms with van der Waals surface area (Å²) in [6, 6.07) is 1.10. The summed E-state index contributed by atoms with van der Waals surface area (Å²) in [5, 5.41) is 8.44. The summed E-state index contributed by atoms with van der Waals surface area (Å²) in [6.07, 6.45) is -0.615. The van der Waals surface area contributed by atoms with Crippen LogP contribution in [0.5, 0.6) is 0 Å². The third-order valence-electron chi connectivity index (χ3n) is 1.96. The Morgan fingerprint density at radius 2 is 2.12 bits per heavy atom. The number of carboxylic acid groups (broad SMARTS) is 1. The molecule has 1 rings (SSSR count). The third kappa shape index (κ3) is 2.68. The minimum Gasteiger partial charge on any atom is -0.481 e. The Morgan fingerprint density at radius 3 is 2.62 bits per heavy atom. The molecule has 0 spiro atoms. The van der Waals surface area contributed by atoms with Gasteiger partial charge in [-0.2, -0.15) is 0 Å². The van der Waals surface area contributed by atoms with Gasteiger partial charge in [-0.1, -0.05) is 11.6 Å². The van der Waals surface area contributed by atoms with Gasteiger partial charge in [0.05, 0.1) is 13.0 Å². The van der Waals surface area contributed by atoms with Gasteiger partial charge in [0.25, 0.3) is 0 Å². The predicted molar refractivity (Wildman–Crippen MR) is 53.4 cm³/mol. The van der Waals surface area contributed by atoms with E-state index in [0.717, 1.165) is 6.07 Å². The van der Waals surface area contributed by atoms with Crippen molar-refractivity contribution in [3.05, 3.63) is 33.9 Å². The van der Waals surface area contributed by atoms with Gasteiger partial charge in [0.1, 0.15) is 0 Å². The number of benzene rings is 1. The van der Waals surface area contributed by atoms with E-state index in [1.165, 1.54) is 7.11 Å². The van der Waals surface area contributed by atoms with E-state index in [2.05, 4.69) is 4.74 Å². The van der Waals surface area contributed by atoms with Crippen LogP contribution in [0.25, 0.3) is 0 Å². The van der Waals surface area contributed by atoms with Gasteiger partial charge in [-0.05, 0) is 6.07 Å². The lowest BCUT2D eigenvalue weighted by Crippen LogP contribution is -2.07. The number of ether oxygens (including phenoxy) is 1. The molecule has 3 nitrogen and oxygen atoms in total. The SMILES string of the molecule is COCc1c(Cl)cc(CC(=O)O)c(F)c1F. The van der Waals surface area contributed by atoms with Crippen molar-refractivity contribution in [3.63, 3.8) is 0 Å². The number of halogens is 3. The number of carbonyl (C=O) groups is 1. The highest BCUT2D eigenvalue weighted by Crippen LogP contribution is 2.26. The lowest BCUT2D eigenvalue weighted by atomic mass is 10.1. The molecule has 0 bridgehead atoms. The van der Waals surface area contributed by atoms with Gasteiger partial charge in [-0.3, -0.25) is 4.79 Å². The Bertz CT molecular complexity index is 421.